The summed E-state index contributed by atoms with van der Waals surface area (Å²) in [5, 5.41) is 2.89. The van der Waals surface area contributed by atoms with E-state index in [9.17, 15) is 4.79 Å². The van der Waals surface area contributed by atoms with Crippen LogP contribution in [-0.4, -0.2) is 24.0 Å². The Balaban J connectivity index is 2.15. The van der Waals surface area contributed by atoms with Crippen molar-refractivity contribution in [1.29, 1.82) is 0 Å². The molecule has 4 nitrogen and oxygen atoms in total. The van der Waals surface area contributed by atoms with E-state index < -0.39 is 0 Å². The van der Waals surface area contributed by atoms with Crippen LogP contribution < -0.4 is 10.2 Å². The van der Waals surface area contributed by atoms with Gasteiger partial charge in [0.25, 0.3) is 5.91 Å². The minimum atomic E-state index is -0.139. The van der Waals surface area contributed by atoms with Gasteiger partial charge in [0.05, 0.1) is 17.4 Å². The SMILES string of the molecule is CCN(CC)c1cncc(C(=O)Nc2ccc(C)cc2)c1. The summed E-state index contributed by atoms with van der Waals surface area (Å²) in [4.78, 5) is 18.6. The Morgan fingerprint density at radius 1 is 1.14 bits per heavy atom. The number of hydrogen-bond acceptors (Lipinski definition) is 3. The molecule has 1 amide bonds. The van der Waals surface area contributed by atoms with Crippen molar-refractivity contribution in [3.63, 3.8) is 0 Å². The standard InChI is InChI=1S/C17H21N3O/c1-4-20(5-2)16-10-14(11-18-12-16)17(21)19-15-8-6-13(3)7-9-15/h6-12H,4-5H2,1-3H3,(H,19,21). The maximum atomic E-state index is 12.3. The average Bonchev–Trinajstić information content (AvgIpc) is 2.51. The lowest BCUT2D eigenvalue weighted by molar-refractivity contribution is 0.102. The Morgan fingerprint density at radius 2 is 1.81 bits per heavy atom. The van der Waals surface area contributed by atoms with Crippen molar-refractivity contribution in [2.75, 3.05) is 23.3 Å². The first-order valence-electron chi connectivity index (χ1n) is 7.22. The molecule has 2 rings (SSSR count). The van der Waals surface area contributed by atoms with E-state index in [1.54, 1.807) is 12.4 Å². The van der Waals surface area contributed by atoms with E-state index in [1.165, 1.54) is 0 Å². The van der Waals surface area contributed by atoms with Gasteiger partial charge >= 0.3 is 0 Å². The molecule has 0 fully saturated rings. The molecule has 0 bridgehead atoms. The van der Waals surface area contributed by atoms with Gasteiger partial charge < -0.3 is 10.2 Å². The quantitative estimate of drug-likeness (QED) is 0.913. The second-order valence-corrected chi connectivity index (χ2v) is 4.92. The Labute approximate surface area is 125 Å². The molecule has 0 saturated heterocycles. The lowest BCUT2D eigenvalue weighted by atomic mass is 10.2. The molecule has 1 heterocycles. The number of pyridine rings is 1. The van der Waals surface area contributed by atoms with Crippen LogP contribution in [0.2, 0.25) is 0 Å². The molecular weight excluding hydrogens is 262 g/mol. The highest BCUT2D eigenvalue weighted by molar-refractivity contribution is 6.04. The van der Waals surface area contributed by atoms with Crippen molar-refractivity contribution in [3.8, 4) is 0 Å². The van der Waals surface area contributed by atoms with Crippen LogP contribution >= 0.6 is 0 Å². The van der Waals surface area contributed by atoms with Gasteiger partial charge in [-0.15, -0.1) is 0 Å². The number of carbonyl (C=O) groups is 1. The molecule has 4 heteroatoms. The van der Waals surface area contributed by atoms with Gasteiger partial charge in [-0.2, -0.15) is 0 Å². The summed E-state index contributed by atoms with van der Waals surface area (Å²) in [6, 6.07) is 9.62. The number of amides is 1. The molecule has 0 aliphatic heterocycles. The van der Waals surface area contributed by atoms with Crippen LogP contribution in [-0.2, 0) is 0 Å². The average molecular weight is 283 g/mol. The summed E-state index contributed by atoms with van der Waals surface area (Å²) >= 11 is 0. The van der Waals surface area contributed by atoms with Crippen LogP contribution in [0.1, 0.15) is 29.8 Å². The van der Waals surface area contributed by atoms with E-state index in [-0.39, 0.29) is 5.91 Å². The maximum absolute atomic E-state index is 12.3. The van der Waals surface area contributed by atoms with Crippen molar-refractivity contribution >= 4 is 17.3 Å². The van der Waals surface area contributed by atoms with Crippen LogP contribution in [0.4, 0.5) is 11.4 Å². The van der Waals surface area contributed by atoms with Crippen LogP contribution in [0.25, 0.3) is 0 Å². The van der Waals surface area contributed by atoms with Crippen molar-refractivity contribution in [2.24, 2.45) is 0 Å². The van der Waals surface area contributed by atoms with Crippen LogP contribution in [0.3, 0.4) is 0 Å². The molecule has 0 aliphatic rings. The highest BCUT2D eigenvalue weighted by Gasteiger charge is 2.09. The van der Waals surface area contributed by atoms with Crippen LogP contribution in [0.5, 0.6) is 0 Å². The Bertz CT molecular complexity index is 604. The lowest BCUT2D eigenvalue weighted by Crippen LogP contribution is -2.22. The summed E-state index contributed by atoms with van der Waals surface area (Å²) in [6.07, 6.45) is 3.38. The molecule has 0 atom stereocenters. The van der Waals surface area contributed by atoms with E-state index >= 15 is 0 Å². The Morgan fingerprint density at radius 3 is 2.43 bits per heavy atom. The van der Waals surface area contributed by atoms with Gasteiger partial charge in [0.15, 0.2) is 0 Å². The molecule has 0 spiro atoms. The topological polar surface area (TPSA) is 45.2 Å². The fourth-order valence-corrected chi connectivity index (χ4v) is 2.15. The van der Waals surface area contributed by atoms with Crippen molar-refractivity contribution in [3.05, 3.63) is 53.9 Å². The molecule has 0 saturated carbocycles. The third kappa shape index (κ3) is 3.81. The summed E-state index contributed by atoms with van der Waals surface area (Å²) in [5.41, 5.74) is 3.49. The number of carbonyl (C=O) groups excluding carboxylic acids is 1. The molecular formula is C17H21N3O. The van der Waals surface area contributed by atoms with Gasteiger partial charge in [0, 0.05) is 25.0 Å². The predicted molar refractivity (Wildman–Crippen MR) is 86.9 cm³/mol. The smallest absolute Gasteiger partial charge is 0.257 e. The van der Waals surface area contributed by atoms with Gasteiger partial charge in [-0.05, 0) is 39.0 Å². The fraction of sp³-hybridized carbons (Fsp3) is 0.294. The number of nitrogens with one attached hydrogen (secondary N) is 1. The predicted octanol–water partition coefficient (Wildman–Crippen LogP) is 3.49. The van der Waals surface area contributed by atoms with Crippen molar-refractivity contribution < 1.29 is 4.79 Å². The molecule has 2 aromatic rings. The van der Waals surface area contributed by atoms with E-state index in [2.05, 4.69) is 29.0 Å². The number of aromatic nitrogens is 1. The minimum Gasteiger partial charge on any atom is -0.371 e. The number of benzene rings is 1. The molecule has 1 N–H and O–H groups in total. The summed E-state index contributed by atoms with van der Waals surface area (Å²) in [7, 11) is 0. The summed E-state index contributed by atoms with van der Waals surface area (Å²) in [6.45, 7) is 7.97. The zero-order valence-corrected chi connectivity index (χ0v) is 12.8. The third-order valence-electron chi connectivity index (χ3n) is 3.42. The van der Waals surface area contributed by atoms with E-state index in [0.29, 0.717) is 5.56 Å². The normalized spacial score (nSPS) is 10.2. The van der Waals surface area contributed by atoms with Gasteiger partial charge in [0.2, 0.25) is 0 Å². The molecule has 0 unspecified atom stereocenters. The van der Waals surface area contributed by atoms with E-state index in [4.69, 9.17) is 0 Å². The van der Waals surface area contributed by atoms with Crippen LogP contribution in [0.15, 0.2) is 42.7 Å². The first-order chi connectivity index (χ1) is 10.1. The zero-order chi connectivity index (χ0) is 15.2. The van der Waals surface area contributed by atoms with Gasteiger partial charge in [0.1, 0.15) is 0 Å². The van der Waals surface area contributed by atoms with Crippen molar-refractivity contribution in [1.82, 2.24) is 4.98 Å². The second-order valence-electron chi connectivity index (χ2n) is 4.92. The number of hydrogen-bond donors (Lipinski definition) is 1. The monoisotopic (exact) mass is 283 g/mol. The molecule has 1 aromatic heterocycles. The zero-order valence-electron chi connectivity index (χ0n) is 12.8. The van der Waals surface area contributed by atoms with E-state index in [0.717, 1.165) is 30.0 Å². The number of rotatable bonds is 5. The second kappa shape index (κ2) is 6.88. The van der Waals surface area contributed by atoms with Gasteiger partial charge in [-0.25, -0.2) is 0 Å². The Kier molecular flexibility index (Phi) is 4.93. The van der Waals surface area contributed by atoms with Gasteiger partial charge in [-0.1, -0.05) is 17.7 Å². The molecule has 1 aromatic carbocycles. The first-order valence-corrected chi connectivity index (χ1v) is 7.22. The lowest BCUT2D eigenvalue weighted by Gasteiger charge is -2.20. The highest BCUT2D eigenvalue weighted by Crippen LogP contribution is 2.16. The highest BCUT2D eigenvalue weighted by atomic mass is 16.1. The van der Waals surface area contributed by atoms with Gasteiger partial charge in [-0.3, -0.25) is 9.78 Å². The number of nitrogens with zero attached hydrogens (tertiary/aromatic N) is 2. The van der Waals surface area contributed by atoms with Crippen molar-refractivity contribution in [2.45, 2.75) is 20.8 Å². The molecule has 0 aliphatic carbocycles. The summed E-state index contributed by atoms with van der Waals surface area (Å²) < 4.78 is 0. The number of aryl methyl sites for hydroxylation is 1. The fourth-order valence-electron chi connectivity index (χ4n) is 2.15. The Hall–Kier alpha value is -2.36. The third-order valence-corrected chi connectivity index (χ3v) is 3.42. The van der Waals surface area contributed by atoms with Crippen LogP contribution in [0, 0.1) is 6.92 Å². The minimum absolute atomic E-state index is 0.139. The molecule has 0 radical (unpaired) electrons. The molecule has 110 valence electrons. The summed E-state index contributed by atoms with van der Waals surface area (Å²) in [5.74, 6) is -0.139. The number of anilines is 2. The maximum Gasteiger partial charge on any atom is 0.257 e. The first kappa shape index (κ1) is 15.0. The largest absolute Gasteiger partial charge is 0.371 e. The van der Waals surface area contributed by atoms with E-state index in [1.807, 2.05) is 37.3 Å². The molecule has 21 heavy (non-hydrogen) atoms.